The van der Waals surface area contributed by atoms with E-state index in [1.165, 1.54) is 14.2 Å². The SMILES string of the molecule is COC(=O)C(C(=O)OC)C(C)CC(C)C. The molecular formula is C11H20O4. The zero-order valence-corrected chi connectivity index (χ0v) is 10.1. The molecule has 1 unspecified atom stereocenters. The summed E-state index contributed by atoms with van der Waals surface area (Å²) in [6, 6.07) is 0. The lowest BCUT2D eigenvalue weighted by molar-refractivity contribution is -0.161. The molecule has 0 N–H and O–H groups in total. The van der Waals surface area contributed by atoms with Crippen LogP contribution in [0.4, 0.5) is 0 Å². The number of ether oxygens (including phenoxy) is 2. The number of carbonyl (C=O) groups excluding carboxylic acids is 2. The number of esters is 2. The largest absolute Gasteiger partial charge is 0.468 e. The zero-order valence-electron chi connectivity index (χ0n) is 10.1. The van der Waals surface area contributed by atoms with Crippen LogP contribution >= 0.6 is 0 Å². The third-order valence-corrected chi connectivity index (χ3v) is 2.32. The first-order chi connectivity index (χ1) is 6.93. The summed E-state index contributed by atoms with van der Waals surface area (Å²) in [4.78, 5) is 22.8. The minimum absolute atomic E-state index is 0.0649. The first kappa shape index (κ1) is 13.9. The summed E-state index contributed by atoms with van der Waals surface area (Å²) in [6.07, 6.45) is 0.787. The lowest BCUT2D eigenvalue weighted by atomic mass is 9.87. The van der Waals surface area contributed by atoms with Crippen molar-refractivity contribution in [1.82, 2.24) is 0 Å². The molecule has 0 spiro atoms. The van der Waals surface area contributed by atoms with Crippen molar-refractivity contribution in [2.75, 3.05) is 14.2 Å². The van der Waals surface area contributed by atoms with Gasteiger partial charge in [0.25, 0.3) is 0 Å². The van der Waals surface area contributed by atoms with Gasteiger partial charge in [0, 0.05) is 0 Å². The van der Waals surface area contributed by atoms with E-state index < -0.39 is 17.9 Å². The Morgan fingerprint density at radius 1 is 1.00 bits per heavy atom. The van der Waals surface area contributed by atoms with Crippen molar-refractivity contribution >= 4 is 11.9 Å². The van der Waals surface area contributed by atoms with Crippen LogP contribution in [0.1, 0.15) is 27.2 Å². The fourth-order valence-corrected chi connectivity index (χ4v) is 1.69. The van der Waals surface area contributed by atoms with Gasteiger partial charge in [-0.05, 0) is 18.3 Å². The molecule has 0 fully saturated rings. The van der Waals surface area contributed by atoms with Crippen LogP contribution in [0.5, 0.6) is 0 Å². The molecule has 4 nitrogen and oxygen atoms in total. The van der Waals surface area contributed by atoms with Gasteiger partial charge in [-0.25, -0.2) is 0 Å². The summed E-state index contributed by atoms with van der Waals surface area (Å²) in [6.45, 7) is 5.95. The Balaban J connectivity index is 4.62. The summed E-state index contributed by atoms with van der Waals surface area (Å²) >= 11 is 0. The van der Waals surface area contributed by atoms with E-state index in [-0.39, 0.29) is 5.92 Å². The van der Waals surface area contributed by atoms with Crippen LogP contribution in [0.25, 0.3) is 0 Å². The molecule has 15 heavy (non-hydrogen) atoms. The molecule has 0 radical (unpaired) electrons. The van der Waals surface area contributed by atoms with Crippen molar-refractivity contribution in [3.8, 4) is 0 Å². The molecule has 0 saturated heterocycles. The van der Waals surface area contributed by atoms with E-state index in [1.54, 1.807) is 0 Å². The highest BCUT2D eigenvalue weighted by Gasteiger charge is 2.34. The predicted octanol–water partition coefficient (Wildman–Crippen LogP) is 1.63. The molecule has 0 amide bonds. The first-order valence-electron chi connectivity index (χ1n) is 5.09. The summed E-state index contributed by atoms with van der Waals surface area (Å²) < 4.78 is 9.20. The smallest absolute Gasteiger partial charge is 0.320 e. The van der Waals surface area contributed by atoms with Gasteiger partial charge in [-0.15, -0.1) is 0 Å². The van der Waals surface area contributed by atoms with Gasteiger partial charge in [0.2, 0.25) is 0 Å². The molecule has 0 saturated carbocycles. The second kappa shape index (κ2) is 6.43. The van der Waals surface area contributed by atoms with Gasteiger partial charge in [-0.3, -0.25) is 9.59 Å². The maximum atomic E-state index is 11.4. The van der Waals surface area contributed by atoms with Crippen LogP contribution in [0, 0.1) is 17.8 Å². The van der Waals surface area contributed by atoms with E-state index in [0.29, 0.717) is 5.92 Å². The quantitative estimate of drug-likeness (QED) is 0.517. The van der Waals surface area contributed by atoms with Crippen LogP contribution in [0.2, 0.25) is 0 Å². The zero-order chi connectivity index (χ0) is 12.0. The summed E-state index contributed by atoms with van der Waals surface area (Å²) in [7, 11) is 2.56. The van der Waals surface area contributed by atoms with E-state index in [1.807, 2.05) is 20.8 Å². The number of hydrogen-bond donors (Lipinski definition) is 0. The Morgan fingerprint density at radius 3 is 1.67 bits per heavy atom. The average Bonchev–Trinajstić information content (AvgIpc) is 2.16. The summed E-state index contributed by atoms with van der Waals surface area (Å²) in [5.41, 5.74) is 0. The van der Waals surface area contributed by atoms with E-state index in [4.69, 9.17) is 0 Å². The molecule has 0 rings (SSSR count). The van der Waals surface area contributed by atoms with Crippen molar-refractivity contribution in [3.05, 3.63) is 0 Å². The Hall–Kier alpha value is -1.06. The third kappa shape index (κ3) is 4.32. The molecule has 4 heteroatoms. The second-order valence-electron chi connectivity index (χ2n) is 4.13. The number of hydrogen-bond acceptors (Lipinski definition) is 4. The summed E-state index contributed by atoms with van der Waals surface area (Å²) in [5, 5.41) is 0. The Morgan fingerprint density at radius 2 is 1.40 bits per heavy atom. The summed E-state index contributed by atoms with van der Waals surface area (Å²) in [5.74, 6) is -1.48. The molecule has 0 aromatic heterocycles. The fourth-order valence-electron chi connectivity index (χ4n) is 1.69. The highest BCUT2D eigenvalue weighted by molar-refractivity contribution is 5.95. The number of rotatable bonds is 5. The van der Waals surface area contributed by atoms with Gasteiger partial charge in [-0.1, -0.05) is 20.8 Å². The van der Waals surface area contributed by atoms with Gasteiger partial charge in [-0.2, -0.15) is 0 Å². The van der Waals surface area contributed by atoms with E-state index >= 15 is 0 Å². The van der Waals surface area contributed by atoms with Crippen molar-refractivity contribution in [1.29, 1.82) is 0 Å². The van der Waals surface area contributed by atoms with E-state index in [2.05, 4.69) is 9.47 Å². The molecule has 0 aliphatic rings. The van der Waals surface area contributed by atoms with Crippen LogP contribution < -0.4 is 0 Å². The molecule has 0 aromatic rings. The molecule has 0 bridgehead atoms. The van der Waals surface area contributed by atoms with Crippen LogP contribution in [-0.4, -0.2) is 26.2 Å². The Bertz CT molecular complexity index is 207. The van der Waals surface area contributed by atoms with Gasteiger partial charge in [0.05, 0.1) is 14.2 Å². The Kier molecular flexibility index (Phi) is 5.97. The van der Waals surface area contributed by atoms with Crippen LogP contribution in [0.3, 0.4) is 0 Å². The van der Waals surface area contributed by atoms with Crippen molar-refractivity contribution in [3.63, 3.8) is 0 Å². The van der Waals surface area contributed by atoms with Crippen LogP contribution in [-0.2, 0) is 19.1 Å². The average molecular weight is 216 g/mol. The standard InChI is InChI=1S/C11H20O4/c1-7(2)6-8(3)9(10(12)14-4)11(13)15-5/h7-9H,6H2,1-5H3. The monoisotopic (exact) mass is 216 g/mol. The normalized spacial score (nSPS) is 12.7. The van der Waals surface area contributed by atoms with Crippen molar-refractivity contribution in [2.45, 2.75) is 27.2 Å². The highest BCUT2D eigenvalue weighted by atomic mass is 16.5. The number of carbonyl (C=O) groups is 2. The van der Waals surface area contributed by atoms with Crippen molar-refractivity contribution < 1.29 is 19.1 Å². The molecule has 88 valence electrons. The van der Waals surface area contributed by atoms with Gasteiger partial charge < -0.3 is 9.47 Å². The fraction of sp³-hybridized carbons (Fsp3) is 0.818. The van der Waals surface area contributed by atoms with E-state index in [0.717, 1.165) is 6.42 Å². The van der Waals surface area contributed by atoms with Gasteiger partial charge in [0.1, 0.15) is 0 Å². The number of methoxy groups -OCH3 is 2. The second-order valence-corrected chi connectivity index (χ2v) is 4.13. The van der Waals surface area contributed by atoms with Crippen molar-refractivity contribution in [2.24, 2.45) is 17.8 Å². The molecule has 0 heterocycles. The van der Waals surface area contributed by atoms with Gasteiger partial charge >= 0.3 is 11.9 Å². The lowest BCUT2D eigenvalue weighted by Gasteiger charge is -2.20. The predicted molar refractivity (Wildman–Crippen MR) is 56.1 cm³/mol. The minimum atomic E-state index is -0.803. The molecular weight excluding hydrogens is 196 g/mol. The Labute approximate surface area is 90.9 Å². The first-order valence-corrected chi connectivity index (χ1v) is 5.09. The van der Waals surface area contributed by atoms with Gasteiger partial charge in [0.15, 0.2) is 5.92 Å². The maximum Gasteiger partial charge on any atom is 0.320 e. The highest BCUT2D eigenvalue weighted by Crippen LogP contribution is 2.22. The maximum absolute atomic E-state index is 11.4. The molecule has 0 aliphatic carbocycles. The minimum Gasteiger partial charge on any atom is -0.468 e. The molecule has 0 aromatic carbocycles. The topological polar surface area (TPSA) is 52.6 Å². The molecule has 0 aliphatic heterocycles. The lowest BCUT2D eigenvalue weighted by Crippen LogP contribution is -2.32. The third-order valence-electron chi connectivity index (χ3n) is 2.32. The van der Waals surface area contributed by atoms with E-state index in [9.17, 15) is 9.59 Å². The molecule has 1 atom stereocenters. The van der Waals surface area contributed by atoms with Crippen LogP contribution in [0.15, 0.2) is 0 Å².